The summed E-state index contributed by atoms with van der Waals surface area (Å²) in [7, 11) is 0. The summed E-state index contributed by atoms with van der Waals surface area (Å²) in [5.41, 5.74) is 0.381. The highest BCUT2D eigenvalue weighted by Crippen LogP contribution is 2.14. The highest BCUT2D eigenvalue weighted by Gasteiger charge is 2.18. The Morgan fingerprint density at radius 1 is 1.58 bits per heavy atom. The van der Waals surface area contributed by atoms with Crippen molar-refractivity contribution < 1.29 is 9.59 Å². The third kappa shape index (κ3) is 2.28. The van der Waals surface area contributed by atoms with Crippen LogP contribution < -0.4 is 5.32 Å². The zero-order chi connectivity index (χ0) is 9.14. The molecule has 0 aromatic heterocycles. The van der Waals surface area contributed by atoms with Crippen LogP contribution in [-0.4, -0.2) is 17.1 Å². The lowest BCUT2D eigenvalue weighted by atomic mass is 10.2. The van der Waals surface area contributed by atoms with Gasteiger partial charge in [-0.15, -0.1) is 0 Å². The van der Waals surface area contributed by atoms with Crippen molar-refractivity contribution in [3.8, 4) is 0 Å². The van der Waals surface area contributed by atoms with E-state index in [1.54, 1.807) is 6.08 Å². The Bertz CT molecular complexity index is 294. The third-order valence-corrected chi connectivity index (χ3v) is 3.09. The molecule has 0 bridgehead atoms. The van der Waals surface area contributed by atoms with Crippen LogP contribution in [0.3, 0.4) is 0 Å². The molecule has 0 aromatic rings. The van der Waals surface area contributed by atoms with Crippen LogP contribution in [-0.2, 0) is 9.59 Å². The van der Waals surface area contributed by atoms with E-state index < -0.39 is 0 Å². The van der Waals surface area contributed by atoms with Crippen molar-refractivity contribution in [3.05, 3.63) is 22.2 Å². The smallest absolute Gasteiger partial charge is 0.258 e. The molecule has 0 aliphatic carbocycles. The Balaban J connectivity index is 2.83. The predicted octanol–water partition coefficient (Wildman–Crippen LogP) is 1.24. The maximum Gasteiger partial charge on any atom is 0.258 e. The number of allylic oxidation sites excluding steroid dienone is 1. The van der Waals surface area contributed by atoms with E-state index in [-0.39, 0.29) is 11.8 Å². The quantitative estimate of drug-likeness (QED) is 0.615. The molecule has 1 rings (SSSR count). The molecule has 0 saturated heterocycles. The van der Waals surface area contributed by atoms with Crippen molar-refractivity contribution in [3.63, 3.8) is 0 Å². The Kier molecular flexibility index (Phi) is 3.22. The van der Waals surface area contributed by atoms with Crippen molar-refractivity contribution in [2.24, 2.45) is 0 Å². The van der Waals surface area contributed by atoms with E-state index in [0.717, 1.165) is 4.48 Å². The first-order valence-electron chi connectivity index (χ1n) is 3.12. The Hall–Kier alpha value is -0.420. The van der Waals surface area contributed by atoms with E-state index in [9.17, 15) is 9.59 Å². The van der Waals surface area contributed by atoms with Gasteiger partial charge in [-0.25, -0.2) is 0 Å². The second kappa shape index (κ2) is 4.00. The first kappa shape index (κ1) is 9.67. The van der Waals surface area contributed by atoms with Gasteiger partial charge in [0.25, 0.3) is 11.8 Å². The Labute approximate surface area is 86.2 Å². The maximum atomic E-state index is 11.0. The number of carbonyl (C=O) groups is 2. The van der Waals surface area contributed by atoms with Gasteiger partial charge < -0.3 is 0 Å². The summed E-state index contributed by atoms with van der Waals surface area (Å²) in [6.07, 6.45) is 2.88. The Morgan fingerprint density at radius 3 is 2.67 bits per heavy atom. The van der Waals surface area contributed by atoms with E-state index in [1.165, 1.54) is 6.08 Å². The number of imide groups is 1. The molecule has 0 aromatic carbocycles. The minimum absolute atomic E-state index is 0.349. The molecule has 5 heteroatoms. The monoisotopic (exact) mass is 293 g/mol. The summed E-state index contributed by atoms with van der Waals surface area (Å²) in [5.74, 6) is -0.709. The van der Waals surface area contributed by atoms with Crippen LogP contribution >= 0.6 is 31.9 Å². The van der Waals surface area contributed by atoms with Crippen molar-refractivity contribution in [1.82, 2.24) is 5.32 Å². The summed E-state index contributed by atoms with van der Waals surface area (Å²) in [5, 5.41) is 2.76. The molecule has 0 atom stereocenters. The fourth-order valence-corrected chi connectivity index (χ4v) is 1.15. The van der Waals surface area contributed by atoms with Crippen molar-refractivity contribution >= 4 is 43.7 Å². The summed E-state index contributed by atoms with van der Waals surface area (Å²) >= 11 is 6.41. The van der Waals surface area contributed by atoms with E-state index in [4.69, 9.17) is 0 Å². The fourth-order valence-electron chi connectivity index (χ4n) is 0.741. The highest BCUT2D eigenvalue weighted by molar-refractivity contribution is 9.13. The lowest BCUT2D eigenvalue weighted by Gasteiger charge is -1.92. The molecule has 1 aliphatic heterocycles. The first-order chi connectivity index (χ1) is 5.63. The molecule has 1 aliphatic rings. The van der Waals surface area contributed by atoms with E-state index in [2.05, 4.69) is 37.2 Å². The number of alkyl halides is 1. The molecular formula is C7H5Br2NO2. The zero-order valence-electron chi connectivity index (χ0n) is 5.93. The summed E-state index contributed by atoms with van der Waals surface area (Å²) in [4.78, 5) is 21.6. The summed E-state index contributed by atoms with van der Waals surface area (Å²) < 4.78 is 0.818. The lowest BCUT2D eigenvalue weighted by Crippen LogP contribution is -2.21. The minimum atomic E-state index is -0.360. The summed E-state index contributed by atoms with van der Waals surface area (Å²) in [6, 6.07) is 0. The van der Waals surface area contributed by atoms with Gasteiger partial charge in [0.15, 0.2) is 0 Å². The molecule has 0 unspecified atom stereocenters. The van der Waals surface area contributed by atoms with Gasteiger partial charge in [0.2, 0.25) is 0 Å². The molecule has 0 saturated carbocycles. The van der Waals surface area contributed by atoms with Crippen molar-refractivity contribution in [2.45, 2.75) is 0 Å². The maximum absolute atomic E-state index is 11.0. The van der Waals surface area contributed by atoms with Gasteiger partial charge in [-0.05, 0) is 6.08 Å². The highest BCUT2D eigenvalue weighted by atomic mass is 79.9. The average molecular weight is 295 g/mol. The number of nitrogens with one attached hydrogen (secondary N) is 1. The first-order valence-corrected chi connectivity index (χ1v) is 5.04. The number of rotatable bonds is 2. The Morgan fingerprint density at radius 2 is 2.25 bits per heavy atom. The molecule has 1 heterocycles. The van der Waals surface area contributed by atoms with Crippen molar-refractivity contribution in [2.75, 3.05) is 5.33 Å². The molecule has 0 fully saturated rings. The molecule has 2 amide bonds. The van der Waals surface area contributed by atoms with Gasteiger partial charge in [-0.2, -0.15) is 0 Å². The minimum Gasteiger partial charge on any atom is -0.289 e. The topological polar surface area (TPSA) is 46.2 Å². The predicted molar refractivity (Wildman–Crippen MR) is 52.0 cm³/mol. The number of carbonyl (C=O) groups excluding carboxylic acids is 2. The molecule has 1 N–H and O–H groups in total. The molecule has 64 valence electrons. The van der Waals surface area contributed by atoms with Gasteiger partial charge in [0.1, 0.15) is 0 Å². The fraction of sp³-hybridized carbons (Fsp3) is 0.143. The van der Waals surface area contributed by atoms with Crippen LogP contribution in [0.2, 0.25) is 0 Å². The second-order valence-electron chi connectivity index (χ2n) is 2.14. The van der Waals surface area contributed by atoms with Gasteiger partial charge >= 0.3 is 0 Å². The van der Waals surface area contributed by atoms with Crippen LogP contribution in [0.4, 0.5) is 0 Å². The van der Waals surface area contributed by atoms with E-state index in [0.29, 0.717) is 10.9 Å². The molecular weight excluding hydrogens is 290 g/mol. The second-order valence-corrected chi connectivity index (χ2v) is 3.72. The third-order valence-electron chi connectivity index (χ3n) is 1.23. The summed E-state index contributed by atoms with van der Waals surface area (Å²) in [6.45, 7) is 0. The van der Waals surface area contributed by atoms with Crippen LogP contribution in [0.15, 0.2) is 22.2 Å². The van der Waals surface area contributed by atoms with E-state index in [1.807, 2.05) is 0 Å². The van der Waals surface area contributed by atoms with Gasteiger partial charge in [-0.3, -0.25) is 14.9 Å². The molecule has 0 radical (unpaired) electrons. The zero-order valence-corrected chi connectivity index (χ0v) is 9.11. The number of hydrogen-bond donors (Lipinski definition) is 1. The van der Waals surface area contributed by atoms with Crippen molar-refractivity contribution in [1.29, 1.82) is 0 Å². The lowest BCUT2D eigenvalue weighted by molar-refractivity contribution is -0.123. The number of amides is 2. The SMILES string of the molecule is O=C1C=C(/C=C(\Br)CBr)C(=O)N1. The number of halogens is 2. The number of hydrogen-bond acceptors (Lipinski definition) is 2. The standard InChI is InChI=1S/C7H5Br2NO2/c8-3-5(9)1-4-2-6(11)10-7(4)12/h1-2H,3H2,(H,10,11,12)/b5-1-. The van der Waals surface area contributed by atoms with Gasteiger partial charge in [-0.1, -0.05) is 31.9 Å². The average Bonchev–Trinajstić information content (AvgIpc) is 2.30. The molecule has 12 heavy (non-hydrogen) atoms. The van der Waals surface area contributed by atoms with Gasteiger partial charge in [0.05, 0.1) is 0 Å². The molecule has 0 spiro atoms. The largest absolute Gasteiger partial charge is 0.289 e. The van der Waals surface area contributed by atoms with Crippen LogP contribution in [0.25, 0.3) is 0 Å². The van der Waals surface area contributed by atoms with Crippen LogP contribution in [0.1, 0.15) is 0 Å². The van der Waals surface area contributed by atoms with Crippen LogP contribution in [0, 0.1) is 0 Å². The van der Waals surface area contributed by atoms with Gasteiger partial charge in [0, 0.05) is 21.5 Å². The normalized spacial score (nSPS) is 17.8. The van der Waals surface area contributed by atoms with Crippen LogP contribution in [0.5, 0.6) is 0 Å². The molecule has 3 nitrogen and oxygen atoms in total. The van der Waals surface area contributed by atoms with E-state index >= 15 is 0 Å².